The molecule has 102 valence electrons. The molecule has 0 aliphatic carbocycles. The maximum Gasteiger partial charge on any atom is 0.180 e. The summed E-state index contributed by atoms with van der Waals surface area (Å²) in [5.74, 6) is 0.400. The van der Waals surface area contributed by atoms with Crippen LogP contribution in [0.4, 0.5) is 9.52 Å². The molecular weight excluding hydrogens is 265 g/mol. The summed E-state index contributed by atoms with van der Waals surface area (Å²) in [4.78, 5) is 5.03. The van der Waals surface area contributed by atoms with Crippen molar-refractivity contribution < 1.29 is 9.13 Å². The maximum absolute atomic E-state index is 13.3. The molecule has 6 heteroatoms. The number of nitrogens with two attached hydrogens (primary N) is 1. The Morgan fingerprint density at radius 3 is 2.95 bits per heavy atom. The molecule has 4 nitrogen and oxygen atoms in total. The number of hydrogen-bond donors (Lipinski definition) is 2. The van der Waals surface area contributed by atoms with E-state index in [0.717, 1.165) is 10.4 Å². The van der Waals surface area contributed by atoms with E-state index in [1.165, 1.54) is 23.5 Å². The van der Waals surface area contributed by atoms with Crippen molar-refractivity contribution in [2.24, 2.45) is 0 Å². The monoisotopic (exact) mass is 281 g/mol. The normalized spacial score (nSPS) is 12.4. The number of thiazole rings is 1. The molecule has 0 bridgehead atoms. The van der Waals surface area contributed by atoms with Gasteiger partial charge < -0.3 is 15.8 Å². The predicted octanol–water partition coefficient (Wildman–Crippen LogP) is 2.72. The molecule has 2 aromatic rings. The summed E-state index contributed by atoms with van der Waals surface area (Å²) in [6, 6.07) is 4.47. The molecule has 0 spiro atoms. The van der Waals surface area contributed by atoms with E-state index < -0.39 is 0 Å². The average molecular weight is 281 g/mol. The third-order valence-corrected chi connectivity index (χ3v) is 3.64. The van der Waals surface area contributed by atoms with Crippen LogP contribution in [0.3, 0.4) is 0 Å². The van der Waals surface area contributed by atoms with Crippen molar-refractivity contribution in [1.82, 2.24) is 10.3 Å². The van der Waals surface area contributed by atoms with Gasteiger partial charge in [0.25, 0.3) is 0 Å². The van der Waals surface area contributed by atoms with Crippen LogP contribution in [0.15, 0.2) is 24.4 Å². The first-order valence-corrected chi connectivity index (χ1v) is 6.69. The Hall–Kier alpha value is -1.66. The first kappa shape index (κ1) is 13.8. The highest BCUT2D eigenvalue weighted by Gasteiger charge is 2.12. The highest BCUT2D eigenvalue weighted by molar-refractivity contribution is 7.15. The summed E-state index contributed by atoms with van der Waals surface area (Å²) in [5.41, 5.74) is 6.36. The van der Waals surface area contributed by atoms with E-state index in [1.807, 2.05) is 6.92 Å². The van der Waals surface area contributed by atoms with Gasteiger partial charge in [0.2, 0.25) is 0 Å². The number of anilines is 1. The van der Waals surface area contributed by atoms with Gasteiger partial charge >= 0.3 is 0 Å². The molecule has 0 saturated carbocycles. The molecule has 1 heterocycles. The van der Waals surface area contributed by atoms with E-state index >= 15 is 0 Å². The summed E-state index contributed by atoms with van der Waals surface area (Å²) in [5, 5.41) is 3.85. The number of nitrogens with zero attached hydrogens (tertiary/aromatic N) is 1. The highest BCUT2D eigenvalue weighted by atomic mass is 32.1. The van der Waals surface area contributed by atoms with Crippen LogP contribution in [0.25, 0.3) is 0 Å². The molecule has 1 unspecified atom stereocenters. The fourth-order valence-electron chi connectivity index (χ4n) is 1.81. The first-order chi connectivity index (χ1) is 9.10. The minimum Gasteiger partial charge on any atom is -0.496 e. The van der Waals surface area contributed by atoms with Crippen LogP contribution in [0, 0.1) is 5.82 Å². The number of aromatic nitrogens is 1. The van der Waals surface area contributed by atoms with Crippen molar-refractivity contribution in [3.8, 4) is 5.75 Å². The summed E-state index contributed by atoms with van der Waals surface area (Å²) in [7, 11) is 1.58. The molecule has 3 N–H and O–H groups in total. The molecule has 1 atom stereocenters. The molecule has 0 fully saturated rings. The van der Waals surface area contributed by atoms with Crippen LogP contribution in [0.5, 0.6) is 5.75 Å². The number of halogens is 1. The van der Waals surface area contributed by atoms with Crippen molar-refractivity contribution in [2.45, 2.75) is 19.5 Å². The minimum atomic E-state index is -0.272. The second-order valence-corrected chi connectivity index (χ2v) is 5.30. The molecule has 1 aromatic carbocycles. The Labute approximate surface area is 115 Å². The molecule has 2 rings (SSSR count). The predicted molar refractivity (Wildman–Crippen MR) is 74.7 cm³/mol. The Kier molecular flexibility index (Phi) is 4.34. The first-order valence-electron chi connectivity index (χ1n) is 5.87. The Bertz CT molecular complexity index is 559. The quantitative estimate of drug-likeness (QED) is 0.884. The van der Waals surface area contributed by atoms with Crippen LogP contribution in [-0.2, 0) is 6.54 Å². The number of rotatable bonds is 5. The zero-order valence-corrected chi connectivity index (χ0v) is 11.6. The van der Waals surface area contributed by atoms with Crippen LogP contribution in [0.2, 0.25) is 0 Å². The lowest BCUT2D eigenvalue weighted by molar-refractivity contribution is 0.400. The second kappa shape index (κ2) is 5.99. The van der Waals surface area contributed by atoms with Gasteiger partial charge in [0.1, 0.15) is 11.6 Å². The number of nitrogens with one attached hydrogen (secondary N) is 1. The number of hydrogen-bond acceptors (Lipinski definition) is 5. The van der Waals surface area contributed by atoms with Crippen molar-refractivity contribution in [3.05, 3.63) is 40.7 Å². The Balaban J connectivity index is 2.06. The second-order valence-electron chi connectivity index (χ2n) is 4.15. The van der Waals surface area contributed by atoms with Gasteiger partial charge in [-0.3, -0.25) is 0 Å². The SMILES string of the molecule is COc1ccc(F)cc1C(C)NCc1cnc(N)s1. The van der Waals surface area contributed by atoms with E-state index in [2.05, 4.69) is 10.3 Å². The molecule has 0 aliphatic rings. The van der Waals surface area contributed by atoms with Crippen LogP contribution < -0.4 is 15.8 Å². The van der Waals surface area contributed by atoms with Crippen molar-refractivity contribution in [3.63, 3.8) is 0 Å². The van der Waals surface area contributed by atoms with E-state index in [9.17, 15) is 4.39 Å². The fraction of sp³-hybridized carbons (Fsp3) is 0.308. The molecule has 0 saturated heterocycles. The molecule has 19 heavy (non-hydrogen) atoms. The van der Waals surface area contributed by atoms with Gasteiger partial charge in [-0.2, -0.15) is 0 Å². The molecule has 1 aromatic heterocycles. The molecule has 0 amide bonds. The topological polar surface area (TPSA) is 60.2 Å². The molecular formula is C13H16FN3OS. The summed E-state index contributed by atoms with van der Waals surface area (Å²) in [6.07, 6.45) is 1.74. The summed E-state index contributed by atoms with van der Waals surface area (Å²) in [6.45, 7) is 2.59. The van der Waals surface area contributed by atoms with E-state index in [4.69, 9.17) is 10.5 Å². The Morgan fingerprint density at radius 2 is 2.32 bits per heavy atom. The lowest BCUT2D eigenvalue weighted by atomic mass is 10.1. The van der Waals surface area contributed by atoms with Crippen molar-refractivity contribution in [2.75, 3.05) is 12.8 Å². The lowest BCUT2D eigenvalue weighted by Gasteiger charge is -2.16. The molecule has 0 aliphatic heterocycles. The van der Waals surface area contributed by atoms with E-state index in [-0.39, 0.29) is 11.9 Å². The molecule has 0 radical (unpaired) electrons. The van der Waals surface area contributed by atoms with Crippen LogP contribution in [0.1, 0.15) is 23.4 Å². The Morgan fingerprint density at radius 1 is 1.53 bits per heavy atom. The lowest BCUT2D eigenvalue weighted by Crippen LogP contribution is -2.18. The standard InChI is InChI=1S/C13H16FN3OS/c1-8(16-6-10-7-17-13(15)19-10)11-5-9(14)3-4-12(11)18-2/h3-5,7-8,16H,6H2,1-2H3,(H2,15,17). The smallest absolute Gasteiger partial charge is 0.180 e. The van der Waals surface area contributed by atoms with Crippen LogP contribution >= 0.6 is 11.3 Å². The van der Waals surface area contributed by atoms with E-state index in [0.29, 0.717) is 17.4 Å². The minimum absolute atomic E-state index is 0.0334. The summed E-state index contributed by atoms with van der Waals surface area (Å²) >= 11 is 1.44. The third-order valence-electron chi connectivity index (χ3n) is 2.81. The zero-order chi connectivity index (χ0) is 13.8. The third kappa shape index (κ3) is 3.42. The van der Waals surface area contributed by atoms with Gasteiger partial charge in [0, 0.05) is 29.2 Å². The van der Waals surface area contributed by atoms with Crippen molar-refractivity contribution >= 4 is 16.5 Å². The van der Waals surface area contributed by atoms with Crippen molar-refractivity contribution in [1.29, 1.82) is 0 Å². The maximum atomic E-state index is 13.3. The zero-order valence-electron chi connectivity index (χ0n) is 10.8. The average Bonchev–Trinajstić information content (AvgIpc) is 2.81. The fourth-order valence-corrected chi connectivity index (χ4v) is 2.45. The largest absolute Gasteiger partial charge is 0.496 e. The van der Waals surface area contributed by atoms with Gasteiger partial charge in [-0.1, -0.05) is 0 Å². The van der Waals surface area contributed by atoms with Gasteiger partial charge in [-0.05, 0) is 25.1 Å². The van der Waals surface area contributed by atoms with Gasteiger partial charge in [0.05, 0.1) is 7.11 Å². The van der Waals surface area contributed by atoms with Crippen LogP contribution in [-0.4, -0.2) is 12.1 Å². The highest BCUT2D eigenvalue weighted by Crippen LogP contribution is 2.26. The number of benzene rings is 1. The number of nitrogen functional groups attached to an aromatic ring is 1. The number of methoxy groups -OCH3 is 1. The number of ether oxygens (including phenoxy) is 1. The summed E-state index contributed by atoms with van der Waals surface area (Å²) < 4.78 is 18.5. The van der Waals surface area contributed by atoms with Gasteiger partial charge in [-0.25, -0.2) is 9.37 Å². The van der Waals surface area contributed by atoms with Gasteiger partial charge in [0.15, 0.2) is 5.13 Å². The van der Waals surface area contributed by atoms with E-state index in [1.54, 1.807) is 19.4 Å². The van der Waals surface area contributed by atoms with Gasteiger partial charge in [-0.15, -0.1) is 11.3 Å².